The van der Waals surface area contributed by atoms with E-state index in [4.69, 9.17) is 0 Å². The van der Waals surface area contributed by atoms with Crippen LogP contribution in [0.5, 0.6) is 0 Å². The number of aromatic nitrogens is 1. The number of nitrogens with one attached hydrogen (secondary N) is 2. The minimum absolute atomic E-state index is 0.0123. The van der Waals surface area contributed by atoms with Crippen LogP contribution >= 0.6 is 0 Å². The second-order valence-corrected chi connectivity index (χ2v) is 8.69. The number of hydrogen-bond acceptors (Lipinski definition) is 4. The molecule has 0 unspecified atom stereocenters. The molecule has 1 heterocycles. The third-order valence-corrected chi connectivity index (χ3v) is 4.94. The highest BCUT2D eigenvalue weighted by molar-refractivity contribution is 7.92. The third kappa shape index (κ3) is 5.69. The summed E-state index contributed by atoms with van der Waals surface area (Å²) in [5.41, 5.74) is -1.30. The summed E-state index contributed by atoms with van der Waals surface area (Å²) < 4.78 is 90.4. The van der Waals surface area contributed by atoms with E-state index in [1.54, 1.807) is 4.72 Å². The van der Waals surface area contributed by atoms with Crippen molar-refractivity contribution >= 4 is 32.5 Å². The number of amides is 1. The van der Waals surface area contributed by atoms with Gasteiger partial charge in [-0.05, 0) is 42.3 Å². The molecule has 0 radical (unpaired) electrons. The van der Waals surface area contributed by atoms with Crippen molar-refractivity contribution in [1.82, 2.24) is 10.3 Å². The van der Waals surface area contributed by atoms with Gasteiger partial charge in [0.15, 0.2) is 11.6 Å². The van der Waals surface area contributed by atoms with Crippen molar-refractivity contribution in [3.63, 3.8) is 0 Å². The average molecular weight is 473 g/mol. The molecule has 6 nitrogen and oxygen atoms in total. The predicted molar refractivity (Wildman–Crippen MR) is 108 cm³/mol. The Balaban J connectivity index is 1.66. The van der Waals surface area contributed by atoms with Crippen molar-refractivity contribution in [3.05, 3.63) is 70.9 Å². The van der Waals surface area contributed by atoms with Crippen molar-refractivity contribution in [1.29, 1.82) is 0 Å². The van der Waals surface area contributed by atoms with E-state index in [2.05, 4.69) is 10.3 Å². The van der Waals surface area contributed by atoms with Gasteiger partial charge in [0.25, 0.3) is 5.91 Å². The molecule has 3 aromatic rings. The second kappa shape index (κ2) is 8.69. The molecule has 3 rings (SSSR count). The van der Waals surface area contributed by atoms with Gasteiger partial charge in [0.2, 0.25) is 10.0 Å². The second-order valence-electron chi connectivity index (χ2n) is 6.94. The van der Waals surface area contributed by atoms with E-state index >= 15 is 0 Å². The van der Waals surface area contributed by atoms with Crippen LogP contribution in [0.1, 0.15) is 21.5 Å². The van der Waals surface area contributed by atoms with Gasteiger partial charge < -0.3 is 5.32 Å². The normalized spacial score (nSPS) is 12.1. The maximum absolute atomic E-state index is 14.0. The average Bonchev–Trinajstić information content (AvgIpc) is 2.68. The van der Waals surface area contributed by atoms with Crippen LogP contribution in [-0.2, 0) is 22.6 Å². The highest BCUT2D eigenvalue weighted by Crippen LogP contribution is 2.31. The number of rotatable bonds is 6. The van der Waals surface area contributed by atoms with E-state index in [1.807, 2.05) is 0 Å². The van der Waals surface area contributed by atoms with Crippen LogP contribution in [0, 0.1) is 11.6 Å². The number of fused-ring (bicyclic) bond motifs is 1. The highest BCUT2D eigenvalue weighted by atomic mass is 32.2. The lowest BCUT2D eigenvalue weighted by atomic mass is 10.1. The zero-order valence-electron chi connectivity index (χ0n) is 16.4. The molecule has 0 fully saturated rings. The Morgan fingerprint density at radius 2 is 1.72 bits per heavy atom. The SMILES string of the molecule is CS(=O)(=O)Nc1c(F)cc(CCNC(=O)c2cnc3cc(C(F)(F)F)ccc3c2)cc1F. The lowest BCUT2D eigenvalue weighted by molar-refractivity contribution is -0.137. The summed E-state index contributed by atoms with van der Waals surface area (Å²) in [5, 5.41) is 2.86. The lowest BCUT2D eigenvalue weighted by Gasteiger charge is -2.10. The lowest BCUT2D eigenvalue weighted by Crippen LogP contribution is -2.26. The third-order valence-electron chi connectivity index (χ3n) is 4.36. The van der Waals surface area contributed by atoms with Crippen molar-refractivity contribution in [3.8, 4) is 0 Å². The van der Waals surface area contributed by atoms with E-state index in [0.29, 0.717) is 5.39 Å². The summed E-state index contributed by atoms with van der Waals surface area (Å²) in [6.45, 7) is -0.0123. The predicted octanol–water partition coefficient (Wildman–Crippen LogP) is 3.88. The molecule has 170 valence electrons. The quantitative estimate of drug-likeness (QED) is 0.532. The maximum Gasteiger partial charge on any atom is 0.416 e. The molecule has 0 bridgehead atoms. The molecule has 0 aliphatic heterocycles. The number of pyridine rings is 1. The van der Waals surface area contributed by atoms with E-state index in [9.17, 15) is 35.2 Å². The number of halogens is 5. The topological polar surface area (TPSA) is 88.2 Å². The monoisotopic (exact) mass is 473 g/mol. The first-order valence-corrected chi connectivity index (χ1v) is 10.9. The van der Waals surface area contributed by atoms with Gasteiger partial charge in [-0.1, -0.05) is 6.07 Å². The molecule has 0 aliphatic rings. The maximum atomic E-state index is 14.0. The summed E-state index contributed by atoms with van der Waals surface area (Å²) in [6.07, 6.45) is -2.59. The Hall–Kier alpha value is -3.28. The van der Waals surface area contributed by atoms with E-state index in [0.717, 1.165) is 36.7 Å². The molecule has 2 N–H and O–H groups in total. The van der Waals surface area contributed by atoms with Gasteiger partial charge in [-0.15, -0.1) is 0 Å². The van der Waals surface area contributed by atoms with Crippen molar-refractivity contribution in [2.45, 2.75) is 12.6 Å². The van der Waals surface area contributed by atoms with E-state index in [1.165, 1.54) is 12.1 Å². The number of carbonyl (C=O) groups is 1. The fourth-order valence-electron chi connectivity index (χ4n) is 2.90. The van der Waals surface area contributed by atoms with E-state index in [-0.39, 0.29) is 29.6 Å². The van der Waals surface area contributed by atoms with Gasteiger partial charge in [0.05, 0.1) is 22.9 Å². The van der Waals surface area contributed by atoms with Gasteiger partial charge >= 0.3 is 6.18 Å². The fraction of sp³-hybridized carbons (Fsp3) is 0.200. The minimum Gasteiger partial charge on any atom is -0.352 e. The van der Waals surface area contributed by atoms with Gasteiger partial charge in [-0.25, -0.2) is 17.2 Å². The van der Waals surface area contributed by atoms with Crippen LogP contribution in [0.15, 0.2) is 42.6 Å². The smallest absolute Gasteiger partial charge is 0.352 e. The summed E-state index contributed by atoms with van der Waals surface area (Å²) in [7, 11) is -3.87. The molecular weight excluding hydrogens is 457 g/mol. The number of sulfonamides is 1. The van der Waals surface area contributed by atoms with Crippen LogP contribution in [0.3, 0.4) is 0 Å². The van der Waals surface area contributed by atoms with Crippen molar-refractivity contribution in [2.75, 3.05) is 17.5 Å². The number of carbonyl (C=O) groups excluding carboxylic acids is 1. The molecule has 1 aromatic heterocycles. The van der Waals surface area contributed by atoms with Gasteiger partial charge in [-0.2, -0.15) is 13.2 Å². The molecule has 0 saturated heterocycles. The standard InChI is InChI=1S/C20H16F5N3O3S/c1-32(30,31)28-18-15(21)6-11(7-16(18)22)4-5-26-19(29)13-8-12-2-3-14(20(23,24)25)9-17(12)27-10-13/h2-3,6-10,28H,4-5H2,1H3,(H,26,29). The zero-order valence-corrected chi connectivity index (χ0v) is 17.2. The van der Waals surface area contributed by atoms with Crippen LogP contribution in [0.2, 0.25) is 0 Å². The van der Waals surface area contributed by atoms with Crippen LogP contribution < -0.4 is 10.0 Å². The Labute approximate surface area is 179 Å². The summed E-state index contributed by atoms with van der Waals surface area (Å²) in [4.78, 5) is 16.2. The molecule has 0 atom stereocenters. The summed E-state index contributed by atoms with van der Waals surface area (Å²) in [6, 6.07) is 6.24. The van der Waals surface area contributed by atoms with Gasteiger partial charge in [-0.3, -0.25) is 14.5 Å². The summed E-state index contributed by atoms with van der Waals surface area (Å²) >= 11 is 0. The molecule has 0 spiro atoms. The summed E-state index contributed by atoms with van der Waals surface area (Å²) in [5.74, 6) is -2.78. The van der Waals surface area contributed by atoms with Crippen molar-refractivity contribution < 1.29 is 35.2 Å². The Bertz CT molecular complexity index is 1270. The number of anilines is 1. The Kier molecular flexibility index (Phi) is 6.35. The Morgan fingerprint density at radius 3 is 2.31 bits per heavy atom. The fourth-order valence-corrected chi connectivity index (χ4v) is 3.46. The number of hydrogen-bond donors (Lipinski definition) is 2. The Morgan fingerprint density at radius 1 is 1.06 bits per heavy atom. The van der Waals surface area contributed by atoms with Crippen LogP contribution in [0.4, 0.5) is 27.6 Å². The number of nitrogens with zero attached hydrogens (tertiary/aromatic N) is 1. The molecule has 0 aliphatic carbocycles. The zero-order chi connectivity index (χ0) is 23.7. The van der Waals surface area contributed by atoms with Gasteiger partial charge in [0.1, 0.15) is 5.69 Å². The molecule has 1 amide bonds. The van der Waals surface area contributed by atoms with Crippen LogP contribution in [-0.4, -0.2) is 32.1 Å². The number of alkyl halides is 3. The van der Waals surface area contributed by atoms with E-state index < -0.39 is 45.0 Å². The van der Waals surface area contributed by atoms with Crippen LogP contribution in [0.25, 0.3) is 10.9 Å². The number of benzene rings is 2. The molecule has 2 aromatic carbocycles. The molecule has 32 heavy (non-hydrogen) atoms. The molecule has 0 saturated carbocycles. The van der Waals surface area contributed by atoms with Gasteiger partial charge in [0, 0.05) is 18.1 Å². The molecular formula is C20H16F5N3O3S. The first-order valence-electron chi connectivity index (χ1n) is 9.04. The minimum atomic E-state index is -4.51. The largest absolute Gasteiger partial charge is 0.416 e. The highest BCUT2D eigenvalue weighted by Gasteiger charge is 2.30. The first-order chi connectivity index (χ1) is 14.8. The first kappa shape index (κ1) is 23.4. The van der Waals surface area contributed by atoms with Crippen molar-refractivity contribution in [2.24, 2.45) is 0 Å². The molecule has 12 heteroatoms.